The van der Waals surface area contributed by atoms with Gasteiger partial charge in [0.1, 0.15) is 0 Å². The maximum absolute atomic E-state index is 12.1. The summed E-state index contributed by atoms with van der Waals surface area (Å²) in [5, 5.41) is 1.00. The Balaban J connectivity index is 0.00000361. The monoisotopic (exact) mass is 338 g/mol. The van der Waals surface area contributed by atoms with Crippen LogP contribution < -0.4 is 5.73 Å². The number of carbonyl (C=O) groups is 1. The van der Waals surface area contributed by atoms with Gasteiger partial charge < -0.3 is 10.6 Å². The zero-order valence-electron chi connectivity index (χ0n) is 11.9. The molecule has 0 aliphatic carbocycles. The number of halogens is 3. The normalized spacial score (nSPS) is 11.9. The van der Waals surface area contributed by atoms with Crippen LogP contribution in [0.25, 0.3) is 0 Å². The molecular formula is C14H21Cl3N2O. The van der Waals surface area contributed by atoms with Gasteiger partial charge in [-0.1, -0.05) is 43.1 Å². The zero-order chi connectivity index (χ0) is 14.6. The van der Waals surface area contributed by atoms with E-state index in [0.717, 1.165) is 5.56 Å². The van der Waals surface area contributed by atoms with Crippen LogP contribution in [-0.2, 0) is 11.3 Å². The molecular weight excluding hydrogens is 319 g/mol. The highest BCUT2D eigenvalue weighted by molar-refractivity contribution is 6.42. The van der Waals surface area contributed by atoms with Gasteiger partial charge in [-0.25, -0.2) is 0 Å². The fourth-order valence-electron chi connectivity index (χ4n) is 1.88. The summed E-state index contributed by atoms with van der Waals surface area (Å²) in [5.74, 6) is 0.345. The van der Waals surface area contributed by atoms with Crippen LogP contribution in [0.5, 0.6) is 0 Å². The minimum atomic E-state index is -0.451. The Morgan fingerprint density at radius 2 is 1.90 bits per heavy atom. The van der Waals surface area contributed by atoms with E-state index in [-0.39, 0.29) is 18.3 Å². The number of rotatable bonds is 5. The molecule has 1 atom stereocenters. The average Bonchev–Trinajstić information content (AvgIpc) is 2.32. The molecule has 2 N–H and O–H groups in total. The van der Waals surface area contributed by atoms with E-state index in [9.17, 15) is 4.79 Å². The minimum absolute atomic E-state index is 0. The molecule has 0 spiro atoms. The first-order chi connectivity index (χ1) is 8.81. The molecule has 3 nitrogen and oxygen atoms in total. The number of carbonyl (C=O) groups excluding carboxylic acids is 1. The molecule has 114 valence electrons. The zero-order valence-corrected chi connectivity index (χ0v) is 14.2. The molecule has 20 heavy (non-hydrogen) atoms. The Kier molecular flexibility index (Phi) is 8.52. The molecule has 0 radical (unpaired) electrons. The third-order valence-corrected chi connectivity index (χ3v) is 3.56. The predicted molar refractivity (Wildman–Crippen MR) is 87.6 cm³/mol. The molecule has 1 aromatic carbocycles. The van der Waals surface area contributed by atoms with Crippen LogP contribution in [0.4, 0.5) is 0 Å². The van der Waals surface area contributed by atoms with Crippen molar-refractivity contribution in [1.29, 1.82) is 0 Å². The summed E-state index contributed by atoms with van der Waals surface area (Å²) in [5.41, 5.74) is 6.82. The third-order valence-electron chi connectivity index (χ3n) is 2.82. The van der Waals surface area contributed by atoms with Gasteiger partial charge in [-0.05, 0) is 30.0 Å². The van der Waals surface area contributed by atoms with E-state index >= 15 is 0 Å². The number of likely N-dealkylation sites (N-methyl/N-ethyl adjacent to an activating group) is 1. The van der Waals surface area contributed by atoms with Crippen molar-refractivity contribution >= 4 is 41.5 Å². The molecule has 0 aliphatic heterocycles. The van der Waals surface area contributed by atoms with Crippen molar-refractivity contribution in [3.8, 4) is 0 Å². The van der Waals surface area contributed by atoms with E-state index in [4.69, 9.17) is 28.9 Å². The summed E-state index contributed by atoms with van der Waals surface area (Å²) in [6.07, 6.45) is 0.685. The Hall–Kier alpha value is -0.480. The van der Waals surface area contributed by atoms with E-state index in [0.29, 0.717) is 28.9 Å². The Morgan fingerprint density at radius 1 is 1.30 bits per heavy atom. The van der Waals surface area contributed by atoms with E-state index < -0.39 is 6.04 Å². The second kappa shape index (κ2) is 8.73. The molecule has 1 amide bonds. The first kappa shape index (κ1) is 19.5. The van der Waals surface area contributed by atoms with Crippen molar-refractivity contribution < 1.29 is 4.79 Å². The number of nitrogens with zero attached hydrogens (tertiary/aromatic N) is 1. The summed E-state index contributed by atoms with van der Waals surface area (Å²) in [6.45, 7) is 4.57. The largest absolute Gasteiger partial charge is 0.340 e. The van der Waals surface area contributed by atoms with Gasteiger partial charge in [0.25, 0.3) is 0 Å². The molecule has 6 heteroatoms. The van der Waals surface area contributed by atoms with Gasteiger partial charge in [0.15, 0.2) is 0 Å². The van der Waals surface area contributed by atoms with Gasteiger partial charge in [0, 0.05) is 13.6 Å². The van der Waals surface area contributed by atoms with Gasteiger partial charge in [-0.15, -0.1) is 12.4 Å². The molecule has 0 heterocycles. The van der Waals surface area contributed by atoms with Crippen LogP contribution in [0.2, 0.25) is 10.0 Å². The quantitative estimate of drug-likeness (QED) is 0.888. The SMILES string of the molecule is CC(C)C[C@H](N)C(=O)N(C)Cc1ccc(Cl)c(Cl)c1.Cl. The van der Waals surface area contributed by atoms with Crippen molar-refractivity contribution in [1.82, 2.24) is 4.90 Å². The van der Waals surface area contributed by atoms with Crippen LogP contribution in [0.15, 0.2) is 18.2 Å². The lowest BCUT2D eigenvalue weighted by atomic mass is 10.0. The minimum Gasteiger partial charge on any atom is -0.340 e. The summed E-state index contributed by atoms with van der Waals surface area (Å²) in [4.78, 5) is 13.7. The Labute approximate surface area is 136 Å². The standard InChI is InChI=1S/C14H20Cl2N2O.ClH/c1-9(2)6-13(17)14(19)18(3)8-10-4-5-11(15)12(16)7-10;/h4-5,7,9,13H,6,8,17H2,1-3H3;1H/t13-;/m0./s1. The van der Waals surface area contributed by atoms with Crippen molar-refractivity contribution in [2.24, 2.45) is 11.7 Å². The van der Waals surface area contributed by atoms with Crippen LogP contribution in [0, 0.1) is 5.92 Å². The molecule has 0 saturated carbocycles. The van der Waals surface area contributed by atoms with Crippen molar-refractivity contribution in [3.63, 3.8) is 0 Å². The first-order valence-electron chi connectivity index (χ1n) is 6.25. The summed E-state index contributed by atoms with van der Waals surface area (Å²) < 4.78 is 0. The van der Waals surface area contributed by atoms with E-state index in [1.54, 1.807) is 24.1 Å². The van der Waals surface area contributed by atoms with Gasteiger partial charge in [0.2, 0.25) is 5.91 Å². The second-order valence-electron chi connectivity index (χ2n) is 5.18. The number of benzene rings is 1. The smallest absolute Gasteiger partial charge is 0.239 e. The maximum atomic E-state index is 12.1. The molecule has 0 aliphatic rings. The Bertz CT molecular complexity index is 452. The number of nitrogens with two attached hydrogens (primary N) is 1. The highest BCUT2D eigenvalue weighted by Gasteiger charge is 2.19. The number of hydrogen-bond acceptors (Lipinski definition) is 2. The molecule has 0 bridgehead atoms. The summed E-state index contributed by atoms with van der Waals surface area (Å²) >= 11 is 11.8. The topological polar surface area (TPSA) is 46.3 Å². The van der Waals surface area contributed by atoms with Gasteiger partial charge in [-0.3, -0.25) is 4.79 Å². The van der Waals surface area contributed by atoms with Gasteiger partial charge in [0.05, 0.1) is 16.1 Å². The number of amides is 1. The van der Waals surface area contributed by atoms with Crippen LogP contribution in [-0.4, -0.2) is 23.9 Å². The van der Waals surface area contributed by atoms with Gasteiger partial charge >= 0.3 is 0 Å². The fraction of sp³-hybridized carbons (Fsp3) is 0.500. The van der Waals surface area contributed by atoms with E-state index in [1.807, 2.05) is 19.9 Å². The number of hydrogen-bond donors (Lipinski definition) is 1. The maximum Gasteiger partial charge on any atom is 0.239 e. The third kappa shape index (κ3) is 5.88. The Morgan fingerprint density at radius 3 is 2.40 bits per heavy atom. The highest BCUT2D eigenvalue weighted by atomic mass is 35.5. The summed E-state index contributed by atoms with van der Waals surface area (Å²) in [7, 11) is 1.74. The molecule has 0 unspecified atom stereocenters. The lowest BCUT2D eigenvalue weighted by Crippen LogP contribution is -2.42. The van der Waals surface area contributed by atoms with Crippen LogP contribution in [0.1, 0.15) is 25.8 Å². The lowest BCUT2D eigenvalue weighted by Gasteiger charge is -2.22. The molecule has 1 aromatic rings. The van der Waals surface area contributed by atoms with Crippen molar-refractivity contribution in [3.05, 3.63) is 33.8 Å². The molecule has 0 aromatic heterocycles. The first-order valence-corrected chi connectivity index (χ1v) is 7.01. The van der Waals surface area contributed by atoms with Crippen LogP contribution >= 0.6 is 35.6 Å². The predicted octanol–water partition coefficient (Wildman–Crippen LogP) is 3.75. The highest BCUT2D eigenvalue weighted by Crippen LogP contribution is 2.23. The second-order valence-corrected chi connectivity index (χ2v) is 5.99. The molecule has 0 fully saturated rings. The van der Waals surface area contributed by atoms with Gasteiger partial charge in [-0.2, -0.15) is 0 Å². The molecule has 1 rings (SSSR count). The van der Waals surface area contributed by atoms with Crippen LogP contribution in [0.3, 0.4) is 0 Å². The lowest BCUT2D eigenvalue weighted by molar-refractivity contribution is -0.132. The van der Waals surface area contributed by atoms with Crippen molar-refractivity contribution in [2.45, 2.75) is 32.9 Å². The van der Waals surface area contributed by atoms with E-state index in [2.05, 4.69) is 0 Å². The molecule has 0 saturated heterocycles. The summed E-state index contributed by atoms with van der Waals surface area (Å²) in [6, 6.07) is 4.90. The average molecular weight is 340 g/mol. The van der Waals surface area contributed by atoms with Crippen molar-refractivity contribution in [2.75, 3.05) is 7.05 Å². The van der Waals surface area contributed by atoms with E-state index in [1.165, 1.54) is 0 Å². The fourth-order valence-corrected chi connectivity index (χ4v) is 2.20.